The smallest absolute Gasteiger partial charge is 0.325 e. The van der Waals surface area contributed by atoms with Gasteiger partial charge in [-0.2, -0.15) is 0 Å². The first-order valence-corrected chi connectivity index (χ1v) is 11.1. The number of amides is 4. The molecule has 1 fully saturated rings. The van der Waals surface area contributed by atoms with E-state index in [1.54, 1.807) is 11.8 Å². The molecule has 31 heavy (non-hydrogen) atoms. The zero-order valence-corrected chi connectivity index (χ0v) is 18.0. The number of fused-ring (bicyclic) bond motifs is 1. The minimum atomic E-state index is -0.670. The summed E-state index contributed by atoms with van der Waals surface area (Å²) in [5.74, 6) is -0.0155. The molecule has 1 aliphatic rings. The second-order valence-electron chi connectivity index (χ2n) is 7.50. The molecule has 3 N–H and O–H groups in total. The van der Waals surface area contributed by atoms with E-state index in [2.05, 4.69) is 15.6 Å². The van der Waals surface area contributed by atoms with E-state index in [9.17, 15) is 14.4 Å². The summed E-state index contributed by atoms with van der Waals surface area (Å²) in [7, 11) is 0. The van der Waals surface area contributed by atoms with Crippen LogP contribution in [0.3, 0.4) is 0 Å². The van der Waals surface area contributed by atoms with E-state index in [0.717, 1.165) is 26.3 Å². The highest BCUT2D eigenvalue weighted by Gasteiger charge is 2.39. The van der Waals surface area contributed by atoms with Crippen LogP contribution in [0.5, 0.6) is 0 Å². The van der Waals surface area contributed by atoms with Crippen molar-refractivity contribution < 1.29 is 14.4 Å². The second-order valence-corrected chi connectivity index (χ2v) is 8.67. The van der Waals surface area contributed by atoms with Crippen LogP contribution in [0.1, 0.15) is 11.1 Å². The standard InChI is InChI=1S/C23H24N4O3S/c1-15-6-8-17(9-7-15)31-11-10-24-21(28)14-27-22(29)20(26-23(27)30)12-16-13-25-19-5-3-2-4-18(16)19/h2-9,13,20,25H,10-12,14H2,1H3,(H,24,28)(H,26,30). The fourth-order valence-electron chi connectivity index (χ4n) is 3.58. The number of carbonyl (C=O) groups excluding carboxylic acids is 3. The molecule has 1 aromatic heterocycles. The lowest BCUT2D eigenvalue weighted by atomic mass is 10.1. The maximum Gasteiger partial charge on any atom is 0.325 e. The van der Waals surface area contributed by atoms with Crippen molar-refractivity contribution in [2.24, 2.45) is 0 Å². The molecule has 1 saturated heterocycles. The Balaban J connectivity index is 1.26. The number of hydrogen-bond donors (Lipinski definition) is 3. The Hall–Kier alpha value is -3.26. The zero-order chi connectivity index (χ0) is 21.8. The first-order chi connectivity index (χ1) is 15.0. The molecule has 8 heteroatoms. The minimum absolute atomic E-state index is 0.274. The Bertz CT molecular complexity index is 1110. The summed E-state index contributed by atoms with van der Waals surface area (Å²) in [5.41, 5.74) is 3.14. The van der Waals surface area contributed by atoms with Gasteiger partial charge in [-0.05, 0) is 30.7 Å². The van der Waals surface area contributed by atoms with Crippen LogP contribution in [-0.4, -0.2) is 52.6 Å². The molecule has 0 radical (unpaired) electrons. The van der Waals surface area contributed by atoms with Gasteiger partial charge in [0.1, 0.15) is 12.6 Å². The van der Waals surface area contributed by atoms with Crippen LogP contribution in [0.25, 0.3) is 10.9 Å². The van der Waals surface area contributed by atoms with Crippen LogP contribution in [0.2, 0.25) is 0 Å². The Morgan fingerprint density at radius 1 is 1.13 bits per heavy atom. The summed E-state index contributed by atoms with van der Waals surface area (Å²) in [6.45, 7) is 2.22. The summed E-state index contributed by atoms with van der Waals surface area (Å²) < 4.78 is 0. The van der Waals surface area contributed by atoms with Gasteiger partial charge >= 0.3 is 6.03 Å². The number of H-pyrrole nitrogens is 1. The maximum atomic E-state index is 12.7. The highest BCUT2D eigenvalue weighted by molar-refractivity contribution is 7.99. The summed E-state index contributed by atoms with van der Waals surface area (Å²) in [4.78, 5) is 42.5. The third-order valence-electron chi connectivity index (χ3n) is 5.22. The molecule has 1 aliphatic heterocycles. The van der Waals surface area contributed by atoms with Gasteiger partial charge in [-0.15, -0.1) is 11.8 Å². The van der Waals surface area contributed by atoms with Gasteiger partial charge in [-0.3, -0.25) is 14.5 Å². The van der Waals surface area contributed by atoms with Crippen LogP contribution in [0.4, 0.5) is 4.79 Å². The average Bonchev–Trinajstić information content (AvgIpc) is 3.29. The van der Waals surface area contributed by atoms with Crippen molar-refractivity contribution >= 4 is 40.5 Å². The Kier molecular flexibility index (Phi) is 6.27. The monoisotopic (exact) mass is 436 g/mol. The molecule has 4 amide bonds. The van der Waals surface area contributed by atoms with Crippen molar-refractivity contribution in [2.45, 2.75) is 24.3 Å². The van der Waals surface area contributed by atoms with Gasteiger partial charge in [0.05, 0.1) is 0 Å². The van der Waals surface area contributed by atoms with Crippen LogP contribution >= 0.6 is 11.8 Å². The van der Waals surface area contributed by atoms with Gasteiger partial charge in [-0.1, -0.05) is 35.9 Å². The van der Waals surface area contributed by atoms with Crippen molar-refractivity contribution in [3.63, 3.8) is 0 Å². The van der Waals surface area contributed by atoms with Gasteiger partial charge < -0.3 is 15.6 Å². The molecule has 2 aromatic carbocycles. The lowest BCUT2D eigenvalue weighted by molar-refractivity contribution is -0.132. The van der Waals surface area contributed by atoms with E-state index in [1.807, 2.05) is 61.7 Å². The van der Waals surface area contributed by atoms with Crippen molar-refractivity contribution in [3.8, 4) is 0 Å². The Labute approximate surface area is 184 Å². The topological polar surface area (TPSA) is 94.3 Å². The molecule has 0 aliphatic carbocycles. The van der Waals surface area contributed by atoms with E-state index in [0.29, 0.717) is 18.7 Å². The lowest BCUT2D eigenvalue weighted by Crippen LogP contribution is -2.41. The molecule has 1 unspecified atom stereocenters. The van der Waals surface area contributed by atoms with E-state index in [4.69, 9.17) is 0 Å². The molecular weight excluding hydrogens is 412 g/mol. The molecule has 4 rings (SSSR count). The van der Waals surface area contributed by atoms with Crippen LogP contribution < -0.4 is 10.6 Å². The number of aromatic nitrogens is 1. The normalized spacial score (nSPS) is 16.0. The fourth-order valence-corrected chi connectivity index (χ4v) is 4.35. The number of aryl methyl sites for hydroxylation is 1. The largest absolute Gasteiger partial charge is 0.361 e. The van der Waals surface area contributed by atoms with E-state index >= 15 is 0 Å². The average molecular weight is 437 g/mol. The van der Waals surface area contributed by atoms with E-state index < -0.39 is 12.1 Å². The van der Waals surface area contributed by atoms with Crippen molar-refractivity contribution in [1.82, 2.24) is 20.5 Å². The van der Waals surface area contributed by atoms with Crippen molar-refractivity contribution in [2.75, 3.05) is 18.8 Å². The summed E-state index contributed by atoms with van der Waals surface area (Å²) >= 11 is 1.64. The lowest BCUT2D eigenvalue weighted by Gasteiger charge is -2.13. The van der Waals surface area contributed by atoms with Gasteiger partial charge in [-0.25, -0.2) is 4.79 Å². The SMILES string of the molecule is Cc1ccc(SCCNC(=O)CN2C(=O)NC(Cc3c[nH]c4ccccc34)C2=O)cc1. The Morgan fingerprint density at radius 2 is 1.90 bits per heavy atom. The summed E-state index contributed by atoms with van der Waals surface area (Å²) in [5, 5.41) is 6.49. The van der Waals surface area contributed by atoms with Gasteiger partial charge in [0.25, 0.3) is 5.91 Å². The van der Waals surface area contributed by atoms with Crippen molar-refractivity contribution in [3.05, 3.63) is 65.9 Å². The third kappa shape index (κ3) is 4.91. The number of imide groups is 1. The first kappa shape index (κ1) is 21.0. The van der Waals surface area contributed by atoms with Gasteiger partial charge in [0.2, 0.25) is 5.91 Å². The summed E-state index contributed by atoms with van der Waals surface area (Å²) in [6, 6.07) is 14.8. The number of para-hydroxylation sites is 1. The number of nitrogens with zero attached hydrogens (tertiary/aromatic N) is 1. The zero-order valence-electron chi connectivity index (χ0n) is 17.2. The van der Waals surface area contributed by atoms with Gasteiger partial charge in [0, 0.05) is 40.7 Å². The van der Waals surface area contributed by atoms with Crippen LogP contribution in [-0.2, 0) is 16.0 Å². The van der Waals surface area contributed by atoms with E-state index in [-0.39, 0.29) is 18.4 Å². The molecule has 7 nitrogen and oxygen atoms in total. The number of carbonyl (C=O) groups is 3. The number of rotatable bonds is 8. The molecular formula is C23H24N4O3S. The highest BCUT2D eigenvalue weighted by Crippen LogP contribution is 2.21. The number of thioether (sulfide) groups is 1. The second kappa shape index (κ2) is 9.26. The number of aromatic amines is 1. The number of urea groups is 1. The van der Waals surface area contributed by atoms with E-state index in [1.165, 1.54) is 5.56 Å². The summed E-state index contributed by atoms with van der Waals surface area (Å²) in [6.07, 6.45) is 2.23. The fraction of sp³-hybridized carbons (Fsp3) is 0.261. The highest BCUT2D eigenvalue weighted by atomic mass is 32.2. The number of hydrogen-bond acceptors (Lipinski definition) is 4. The third-order valence-corrected chi connectivity index (χ3v) is 6.24. The number of benzene rings is 2. The Morgan fingerprint density at radius 3 is 2.71 bits per heavy atom. The van der Waals surface area contributed by atoms with Crippen LogP contribution in [0, 0.1) is 6.92 Å². The van der Waals surface area contributed by atoms with Crippen molar-refractivity contribution in [1.29, 1.82) is 0 Å². The quantitative estimate of drug-likeness (QED) is 0.288. The molecule has 160 valence electrons. The van der Waals surface area contributed by atoms with Crippen LogP contribution in [0.15, 0.2) is 59.6 Å². The molecule has 0 bridgehead atoms. The minimum Gasteiger partial charge on any atom is -0.361 e. The number of nitrogens with one attached hydrogen (secondary N) is 3. The molecule has 3 aromatic rings. The first-order valence-electron chi connectivity index (χ1n) is 10.1. The molecule has 0 saturated carbocycles. The molecule has 2 heterocycles. The predicted molar refractivity (Wildman–Crippen MR) is 121 cm³/mol. The predicted octanol–water partition coefficient (Wildman–Crippen LogP) is 2.85. The molecule has 0 spiro atoms. The van der Waals surface area contributed by atoms with Gasteiger partial charge in [0.15, 0.2) is 0 Å². The molecule has 1 atom stereocenters. The maximum absolute atomic E-state index is 12.7.